The third-order valence-electron chi connectivity index (χ3n) is 0.593. The zero-order chi connectivity index (χ0) is 6.57. The highest BCUT2D eigenvalue weighted by Gasteiger charge is 1.92. The summed E-state index contributed by atoms with van der Waals surface area (Å²) in [6, 6.07) is 0. The van der Waals surface area contributed by atoms with E-state index >= 15 is 0 Å². The maximum absolute atomic E-state index is 5.13. The molecule has 0 saturated carbocycles. The minimum Gasteiger partial charge on any atom is -0.491 e. The van der Waals surface area contributed by atoms with Crippen LogP contribution in [0.4, 0.5) is 0 Å². The second-order valence-electron chi connectivity index (χ2n) is 1.22. The molecule has 3 heteroatoms. The van der Waals surface area contributed by atoms with Gasteiger partial charge in [0.2, 0.25) is 0 Å². The Balaban J connectivity index is 3.49. The van der Waals surface area contributed by atoms with Crippen LogP contribution in [-0.4, -0.2) is 11.6 Å². The maximum atomic E-state index is 5.13. The van der Waals surface area contributed by atoms with Crippen molar-refractivity contribution in [2.24, 2.45) is 5.73 Å². The Labute approximate surface area is 54.3 Å². The third-order valence-corrected chi connectivity index (χ3v) is 0.821. The molecule has 0 bridgehead atoms. The Bertz CT molecular complexity index is 111. The van der Waals surface area contributed by atoms with E-state index in [1.165, 1.54) is 0 Å². The molecule has 0 aromatic carbocycles. The standard InChI is InChI=1S/C5H9NOS/c1-3-7-4(2)5(6)8/h2-3H2,1H3,(H2,6,8). The zero-order valence-corrected chi connectivity index (χ0v) is 5.62. The quantitative estimate of drug-likeness (QED) is 0.350. The highest BCUT2D eigenvalue weighted by atomic mass is 32.1. The van der Waals surface area contributed by atoms with Crippen molar-refractivity contribution >= 4 is 17.2 Å². The van der Waals surface area contributed by atoms with Crippen molar-refractivity contribution < 1.29 is 4.74 Å². The molecule has 0 aliphatic carbocycles. The molecular weight excluding hydrogens is 122 g/mol. The van der Waals surface area contributed by atoms with E-state index in [1.54, 1.807) is 0 Å². The van der Waals surface area contributed by atoms with Crippen LogP contribution in [0, 0.1) is 0 Å². The molecule has 2 N–H and O–H groups in total. The number of hydrogen-bond donors (Lipinski definition) is 1. The van der Waals surface area contributed by atoms with Crippen LogP contribution >= 0.6 is 12.2 Å². The first-order valence-corrected chi connectivity index (χ1v) is 2.70. The number of ether oxygens (including phenoxy) is 1. The van der Waals surface area contributed by atoms with Crippen LogP contribution in [0.25, 0.3) is 0 Å². The SMILES string of the molecule is C=C(OCC)C(N)=S. The van der Waals surface area contributed by atoms with Crippen molar-refractivity contribution in [3.8, 4) is 0 Å². The van der Waals surface area contributed by atoms with Gasteiger partial charge in [-0.25, -0.2) is 0 Å². The summed E-state index contributed by atoms with van der Waals surface area (Å²) in [7, 11) is 0. The molecular formula is C5H9NOS. The largest absolute Gasteiger partial charge is 0.491 e. The van der Waals surface area contributed by atoms with Gasteiger partial charge < -0.3 is 10.5 Å². The first kappa shape index (κ1) is 7.43. The van der Waals surface area contributed by atoms with Gasteiger partial charge in [-0.05, 0) is 6.92 Å². The Kier molecular flexibility index (Phi) is 3.19. The van der Waals surface area contributed by atoms with Crippen LogP contribution in [0.15, 0.2) is 12.3 Å². The summed E-state index contributed by atoms with van der Waals surface area (Å²) in [5.41, 5.74) is 5.13. The minimum atomic E-state index is 0.229. The van der Waals surface area contributed by atoms with E-state index in [0.29, 0.717) is 12.4 Å². The van der Waals surface area contributed by atoms with Crippen molar-refractivity contribution in [1.29, 1.82) is 0 Å². The minimum absolute atomic E-state index is 0.229. The summed E-state index contributed by atoms with van der Waals surface area (Å²) >= 11 is 4.54. The molecule has 0 aromatic heterocycles. The molecule has 0 aliphatic heterocycles. The van der Waals surface area contributed by atoms with Crippen LogP contribution in [0.1, 0.15) is 6.92 Å². The molecule has 0 unspecified atom stereocenters. The van der Waals surface area contributed by atoms with E-state index in [-0.39, 0.29) is 4.99 Å². The molecule has 0 fully saturated rings. The van der Waals surface area contributed by atoms with Crippen molar-refractivity contribution in [3.63, 3.8) is 0 Å². The molecule has 0 radical (unpaired) electrons. The van der Waals surface area contributed by atoms with E-state index < -0.39 is 0 Å². The van der Waals surface area contributed by atoms with Gasteiger partial charge in [0.1, 0.15) is 10.7 Å². The smallest absolute Gasteiger partial charge is 0.146 e. The molecule has 0 atom stereocenters. The molecule has 0 heterocycles. The fourth-order valence-corrected chi connectivity index (χ4v) is 0.304. The molecule has 0 aromatic rings. The van der Waals surface area contributed by atoms with Gasteiger partial charge in [-0.3, -0.25) is 0 Å². The highest BCUT2D eigenvalue weighted by Crippen LogP contribution is 1.90. The number of thiocarbonyl (C=S) groups is 1. The number of rotatable bonds is 3. The first-order chi connectivity index (χ1) is 3.68. The summed E-state index contributed by atoms with van der Waals surface area (Å²) in [4.78, 5) is 0.229. The lowest BCUT2D eigenvalue weighted by molar-refractivity contribution is 0.251. The van der Waals surface area contributed by atoms with Crippen molar-refractivity contribution in [3.05, 3.63) is 12.3 Å². The van der Waals surface area contributed by atoms with Crippen LogP contribution in [0.5, 0.6) is 0 Å². The Morgan fingerprint density at radius 3 is 2.50 bits per heavy atom. The van der Waals surface area contributed by atoms with Crippen molar-refractivity contribution in [1.82, 2.24) is 0 Å². The predicted molar refractivity (Wildman–Crippen MR) is 37.6 cm³/mol. The van der Waals surface area contributed by atoms with Gasteiger partial charge in [0, 0.05) is 0 Å². The predicted octanol–water partition coefficient (Wildman–Crippen LogP) is 0.823. The molecule has 0 aliphatic rings. The highest BCUT2D eigenvalue weighted by molar-refractivity contribution is 7.80. The topological polar surface area (TPSA) is 35.2 Å². The number of nitrogens with two attached hydrogens (primary N) is 1. The molecule has 0 saturated heterocycles. The van der Waals surface area contributed by atoms with Crippen molar-refractivity contribution in [2.45, 2.75) is 6.92 Å². The Morgan fingerprint density at radius 1 is 1.88 bits per heavy atom. The third kappa shape index (κ3) is 2.58. The fraction of sp³-hybridized carbons (Fsp3) is 0.400. The van der Waals surface area contributed by atoms with Gasteiger partial charge in [0.05, 0.1) is 6.61 Å². The zero-order valence-electron chi connectivity index (χ0n) is 4.81. The second-order valence-corrected chi connectivity index (χ2v) is 1.66. The van der Waals surface area contributed by atoms with Gasteiger partial charge >= 0.3 is 0 Å². The molecule has 0 amide bonds. The normalized spacial score (nSPS) is 8.12. The van der Waals surface area contributed by atoms with E-state index in [9.17, 15) is 0 Å². The monoisotopic (exact) mass is 131 g/mol. The average Bonchev–Trinajstić information content (AvgIpc) is 1.67. The lowest BCUT2D eigenvalue weighted by atomic mass is 10.6. The molecule has 0 rings (SSSR count). The fourth-order valence-electron chi connectivity index (χ4n) is 0.245. The van der Waals surface area contributed by atoms with E-state index in [4.69, 9.17) is 10.5 Å². The Morgan fingerprint density at radius 2 is 2.38 bits per heavy atom. The van der Waals surface area contributed by atoms with Crippen LogP contribution in [0.2, 0.25) is 0 Å². The molecule has 46 valence electrons. The number of hydrogen-bond acceptors (Lipinski definition) is 2. The summed E-state index contributed by atoms with van der Waals surface area (Å²) in [5.74, 6) is 0.391. The van der Waals surface area contributed by atoms with E-state index in [0.717, 1.165) is 0 Å². The van der Waals surface area contributed by atoms with Gasteiger partial charge in [0.15, 0.2) is 0 Å². The lowest BCUT2D eigenvalue weighted by Gasteiger charge is -2.01. The van der Waals surface area contributed by atoms with Crippen LogP contribution < -0.4 is 5.73 Å². The van der Waals surface area contributed by atoms with Gasteiger partial charge in [0.25, 0.3) is 0 Å². The van der Waals surface area contributed by atoms with E-state index in [2.05, 4.69) is 18.8 Å². The van der Waals surface area contributed by atoms with E-state index in [1.807, 2.05) is 6.92 Å². The molecule has 2 nitrogen and oxygen atoms in total. The molecule has 0 spiro atoms. The molecule has 8 heavy (non-hydrogen) atoms. The summed E-state index contributed by atoms with van der Waals surface area (Å²) in [6.45, 7) is 5.87. The summed E-state index contributed by atoms with van der Waals surface area (Å²) in [5, 5.41) is 0. The first-order valence-electron chi connectivity index (χ1n) is 2.30. The van der Waals surface area contributed by atoms with Crippen LogP contribution in [-0.2, 0) is 4.74 Å². The summed E-state index contributed by atoms with van der Waals surface area (Å²) in [6.07, 6.45) is 0. The van der Waals surface area contributed by atoms with Gasteiger partial charge in [-0.1, -0.05) is 18.8 Å². The van der Waals surface area contributed by atoms with Gasteiger partial charge in [-0.2, -0.15) is 0 Å². The summed E-state index contributed by atoms with van der Waals surface area (Å²) < 4.78 is 4.84. The second kappa shape index (κ2) is 3.43. The maximum Gasteiger partial charge on any atom is 0.146 e. The Hall–Kier alpha value is -0.570. The van der Waals surface area contributed by atoms with Gasteiger partial charge in [-0.15, -0.1) is 0 Å². The van der Waals surface area contributed by atoms with Crippen LogP contribution in [0.3, 0.4) is 0 Å². The average molecular weight is 131 g/mol. The van der Waals surface area contributed by atoms with Crippen molar-refractivity contribution in [2.75, 3.05) is 6.61 Å². The lowest BCUT2D eigenvalue weighted by Crippen LogP contribution is -2.12.